The summed E-state index contributed by atoms with van der Waals surface area (Å²) in [4.78, 5) is 1.98. The molecule has 1 aliphatic heterocycles. The van der Waals surface area contributed by atoms with Gasteiger partial charge in [-0.2, -0.15) is 0 Å². The Hall–Kier alpha value is -0.120. The van der Waals surface area contributed by atoms with Crippen molar-refractivity contribution in [3.05, 3.63) is 7.05 Å². The van der Waals surface area contributed by atoms with Gasteiger partial charge in [-0.25, -0.2) is 0 Å². The van der Waals surface area contributed by atoms with E-state index in [1.54, 1.807) is 7.11 Å². The molecule has 2 atom stereocenters. The molecular formula is C8H16NO2-. The summed E-state index contributed by atoms with van der Waals surface area (Å²) in [6.07, 6.45) is 0.412. The molecule has 1 heterocycles. The summed E-state index contributed by atoms with van der Waals surface area (Å²) in [6.45, 7) is 4.50. The summed E-state index contributed by atoms with van der Waals surface area (Å²) in [5.41, 5.74) is 0. The second-order valence-electron chi connectivity index (χ2n) is 2.80. The molecule has 0 aromatic carbocycles. The van der Waals surface area contributed by atoms with Gasteiger partial charge in [-0.15, -0.1) is 0 Å². The molecule has 3 nitrogen and oxygen atoms in total. The van der Waals surface area contributed by atoms with E-state index in [1.165, 1.54) is 0 Å². The van der Waals surface area contributed by atoms with Crippen molar-refractivity contribution in [1.82, 2.24) is 4.90 Å². The monoisotopic (exact) mass is 158 g/mol. The molecule has 1 aliphatic rings. The maximum Gasteiger partial charge on any atom is 0.0950 e. The van der Waals surface area contributed by atoms with Gasteiger partial charge in [0.05, 0.1) is 12.2 Å². The Labute approximate surface area is 68.3 Å². The topological polar surface area (TPSA) is 21.7 Å². The fraction of sp³-hybridized carbons (Fsp3) is 0.875. The second-order valence-corrected chi connectivity index (χ2v) is 2.80. The van der Waals surface area contributed by atoms with Gasteiger partial charge in [0.25, 0.3) is 0 Å². The lowest BCUT2D eigenvalue weighted by Crippen LogP contribution is -2.28. The average molecular weight is 158 g/mol. The van der Waals surface area contributed by atoms with Gasteiger partial charge in [-0.3, -0.25) is 7.05 Å². The molecule has 3 heteroatoms. The normalized spacial score (nSPS) is 33.0. The Kier molecular flexibility index (Phi) is 3.30. The third-order valence-corrected chi connectivity index (χ3v) is 1.97. The Morgan fingerprint density at radius 3 is 2.64 bits per heavy atom. The van der Waals surface area contributed by atoms with Crippen molar-refractivity contribution in [2.75, 3.05) is 26.8 Å². The first-order chi connectivity index (χ1) is 5.27. The van der Waals surface area contributed by atoms with Crippen molar-refractivity contribution in [3.8, 4) is 0 Å². The van der Waals surface area contributed by atoms with Gasteiger partial charge in [-0.1, -0.05) is 0 Å². The number of hydrogen-bond donors (Lipinski definition) is 0. The molecule has 0 aromatic heterocycles. The molecule has 66 valence electrons. The molecule has 1 saturated heterocycles. The predicted molar refractivity (Wildman–Crippen MR) is 43.1 cm³/mol. The van der Waals surface area contributed by atoms with Gasteiger partial charge >= 0.3 is 0 Å². The lowest BCUT2D eigenvalue weighted by Gasteiger charge is -2.16. The van der Waals surface area contributed by atoms with Crippen LogP contribution in [0.1, 0.15) is 6.92 Å². The minimum Gasteiger partial charge on any atom is -0.455 e. The predicted octanol–water partition coefficient (Wildman–Crippen LogP) is 0.514. The van der Waals surface area contributed by atoms with Crippen LogP contribution < -0.4 is 0 Å². The third kappa shape index (κ3) is 2.15. The van der Waals surface area contributed by atoms with Gasteiger partial charge in [0.1, 0.15) is 0 Å². The fourth-order valence-electron chi connectivity index (χ4n) is 1.42. The molecule has 0 saturated carbocycles. The van der Waals surface area contributed by atoms with E-state index < -0.39 is 0 Å². The first-order valence-corrected chi connectivity index (χ1v) is 3.97. The van der Waals surface area contributed by atoms with Gasteiger partial charge in [0, 0.05) is 13.7 Å². The van der Waals surface area contributed by atoms with Crippen molar-refractivity contribution in [3.63, 3.8) is 0 Å². The number of nitrogens with zero attached hydrogens (tertiary/aromatic N) is 1. The second kappa shape index (κ2) is 4.04. The van der Waals surface area contributed by atoms with Crippen LogP contribution in [0.25, 0.3) is 0 Å². The maximum absolute atomic E-state index is 5.47. The summed E-state index contributed by atoms with van der Waals surface area (Å²) >= 11 is 0. The van der Waals surface area contributed by atoms with Crippen molar-refractivity contribution in [2.24, 2.45) is 0 Å². The highest BCUT2D eigenvalue weighted by Crippen LogP contribution is 2.14. The molecule has 0 amide bonds. The third-order valence-electron chi connectivity index (χ3n) is 1.97. The summed E-state index contributed by atoms with van der Waals surface area (Å²) in [7, 11) is 5.56. The van der Waals surface area contributed by atoms with Gasteiger partial charge in [0.15, 0.2) is 0 Å². The molecule has 0 spiro atoms. The lowest BCUT2D eigenvalue weighted by molar-refractivity contribution is -0.0233. The van der Waals surface area contributed by atoms with Crippen LogP contribution in [0.2, 0.25) is 0 Å². The molecule has 0 aliphatic carbocycles. The zero-order chi connectivity index (χ0) is 8.27. The molecule has 11 heavy (non-hydrogen) atoms. The lowest BCUT2D eigenvalue weighted by atomic mass is 10.2. The van der Waals surface area contributed by atoms with E-state index in [0.717, 1.165) is 19.7 Å². The quantitative estimate of drug-likeness (QED) is 0.559. The molecule has 0 unspecified atom stereocenters. The first-order valence-electron chi connectivity index (χ1n) is 3.97. The molecule has 1 rings (SSSR count). The van der Waals surface area contributed by atoms with Crippen molar-refractivity contribution in [2.45, 2.75) is 19.1 Å². The highest BCUT2D eigenvalue weighted by molar-refractivity contribution is 4.85. The van der Waals surface area contributed by atoms with Crippen molar-refractivity contribution in [1.29, 1.82) is 0 Å². The zero-order valence-corrected chi connectivity index (χ0v) is 7.25. The molecular weight excluding hydrogens is 142 g/mol. The SMILES string of the molecule is [CH2-]N1C[C@@H](OC)[C@H](OCC)C1. The zero-order valence-electron chi connectivity index (χ0n) is 7.25. The van der Waals surface area contributed by atoms with E-state index in [0.29, 0.717) is 0 Å². The van der Waals surface area contributed by atoms with Crippen molar-refractivity contribution >= 4 is 0 Å². The van der Waals surface area contributed by atoms with Gasteiger partial charge in [-0.05, 0) is 20.0 Å². The summed E-state index contributed by atoms with van der Waals surface area (Å²) in [5.74, 6) is 0. The number of hydrogen-bond acceptors (Lipinski definition) is 3. The number of likely N-dealkylation sites (tertiary alicyclic amines) is 1. The van der Waals surface area contributed by atoms with Crippen LogP contribution in [0.15, 0.2) is 0 Å². The number of ether oxygens (including phenoxy) is 2. The van der Waals surface area contributed by atoms with E-state index >= 15 is 0 Å². The number of methoxy groups -OCH3 is 1. The fourth-order valence-corrected chi connectivity index (χ4v) is 1.42. The summed E-state index contributed by atoms with van der Waals surface area (Å²) in [5, 5.41) is 0. The molecule has 0 N–H and O–H groups in total. The van der Waals surface area contributed by atoms with Gasteiger partial charge in [0.2, 0.25) is 0 Å². The van der Waals surface area contributed by atoms with Crippen LogP contribution in [-0.2, 0) is 9.47 Å². The largest absolute Gasteiger partial charge is 0.455 e. The van der Waals surface area contributed by atoms with E-state index in [-0.39, 0.29) is 12.2 Å². The van der Waals surface area contributed by atoms with E-state index in [9.17, 15) is 0 Å². The molecule has 0 bridgehead atoms. The summed E-state index contributed by atoms with van der Waals surface area (Å²) < 4.78 is 10.7. The van der Waals surface area contributed by atoms with Crippen LogP contribution in [0.5, 0.6) is 0 Å². The Bertz CT molecular complexity index is 119. The Balaban J connectivity index is 2.37. The van der Waals surface area contributed by atoms with E-state index in [1.807, 2.05) is 11.8 Å². The van der Waals surface area contributed by atoms with Crippen LogP contribution in [0, 0.1) is 7.05 Å². The molecule has 0 aromatic rings. The minimum atomic E-state index is 0.201. The van der Waals surface area contributed by atoms with E-state index in [2.05, 4.69) is 7.05 Å². The molecule has 1 fully saturated rings. The Morgan fingerprint density at radius 1 is 1.45 bits per heavy atom. The van der Waals surface area contributed by atoms with Crippen LogP contribution in [0.4, 0.5) is 0 Å². The average Bonchev–Trinajstić information content (AvgIpc) is 2.32. The van der Waals surface area contributed by atoms with E-state index in [4.69, 9.17) is 9.47 Å². The van der Waals surface area contributed by atoms with Crippen LogP contribution in [-0.4, -0.2) is 43.9 Å². The van der Waals surface area contributed by atoms with Crippen LogP contribution in [0.3, 0.4) is 0 Å². The summed E-state index contributed by atoms with van der Waals surface area (Å²) in [6, 6.07) is 0. The minimum absolute atomic E-state index is 0.201. The first kappa shape index (κ1) is 8.97. The smallest absolute Gasteiger partial charge is 0.0950 e. The van der Waals surface area contributed by atoms with Gasteiger partial charge < -0.3 is 14.4 Å². The standard InChI is InChI=1S/C8H16NO2/c1-4-11-8-6-9(2)5-7(8)10-3/h7-8H,2,4-6H2,1,3H3/q-1/t7-,8-/m1/s1. The Morgan fingerprint density at radius 2 is 2.09 bits per heavy atom. The van der Waals surface area contributed by atoms with Crippen molar-refractivity contribution < 1.29 is 9.47 Å². The highest BCUT2D eigenvalue weighted by atomic mass is 16.5. The number of rotatable bonds is 3. The maximum atomic E-state index is 5.47. The highest BCUT2D eigenvalue weighted by Gasteiger charge is 2.27. The van der Waals surface area contributed by atoms with Crippen LogP contribution >= 0.6 is 0 Å². The molecule has 0 radical (unpaired) electrons.